The van der Waals surface area contributed by atoms with Gasteiger partial charge in [0.05, 0.1) is 29.6 Å². The average molecular weight is 483 g/mol. The van der Waals surface area contributed by atoms with Crippen LogP contribution in [0.25, 0.3) is 22.2 Å². The number of benzene rings is 1. The van der Waals surface area contributed by atoms with Gasteiger partial charge in [-0.3, -0.25) is 4.79 Å². The summed E-state index contributed by atoms with van der Waals surface area (Å²) in [5, 5.41) is 18.0. The minimum atomic E-state index is -0.177. The molecular weight excluding hydrogens is 452 g/mol. The summed E-state index contributed by atoms with van der Waals surface area (Å²) >= 11 is 6.45. The van der Waals surface area contributed by atoms with E-state index in [1.54, 1.807) is 6.20 Å². The predicted molar refractivity (Wildman–Crippen MR) is 134 cm³/mol. The number of amides is 1. The Bertz CT molecular complexity index is 1140. The molecule has 1 saturated carbocycles. The van der Waals surface area contributed by atoms with Gasteiger partial charge in [0.1, 0.15) is 0 Å². The molecule has 0 bridgehead atoms. The highest BCUT2D eigenvalue weighted by Gasteiger charge is 2.25. The number of carbonyl (C=O) groups excluding carboxylic acids is 1. The van der Waals surface area contributed by atoms with Gasteiger partial charge in [-0.2, -0.15) is 0 Å². The number of aromatic amines is 1. The lowest BCUT2D eigenvalue weighted by molar-refractivity contribution is -0.131. The van der Waals surface area contributed by atoms with Crippen molar-refractivity contribution in [2.75, 3.05) is 25.0 Å². The fourth-order valence-electron chi connectivity index (χ4n) is 4.97. The van der Waals surface area contributed by atoms with E-state index in [1.165, 1.54) is 0 Å². The predicted octanol–water partition coefficient (Wildman–Crippen LogP) is 3.57. The number of aromatic nitrogens is 3. The van der Waals surface area contributed by atoms with E-state index in [-0.39, 0.29) is 18.1 Å². The van der Waals surface area contributed by atoms with E-state index in [2.05, 4.69) is 20.6 Å². The number of fused-ring (bicyclic) bond motifs is 1. The zero-order chi connectivity index (χ0) is 23.5. The molecule has 9 heteroatoms. The van der Waals surface area contributed by atoms with E-state index in [4.69, 9.17) is 16.6 Å². The first kappa shape index (κ1) is 23.1. The molecule has 0 atom stereocenters. The van der Waals surface area contributed by atoms with Gasteiger partial charge in [0.2, 0.25) is 11.9 Å². The lowest BCUT2D eigenvalue weighted by atomic mass is 9.93. The number of H-pyrrole nitrogens is 1. The molecule has 1 saturated heterocycles. The van der Waals surface area contributed by atoms with Crippen molar-refractivity contribution in [2.24, 2.45) is 0 Å². The Morgan fingerprint density at radius 1 is 1.12 bits per heavy atom. The van der Waals surface area contributed by atoms with Crippen LogP contribution < -0.4 is 10.6 Å². The van der Waals surface area contributed by atoms with Crippen molar-refractivity contribution in [3.8, 4) is 11.3 Å². The van der Waals surface area contributed by atoms with E-state index in [0.717, 1.165) is 55.0 Å². The maximum Gasteiger partial charge on any atom is 0.236 e. The quantitative estimate of drug-likeness (QED) is 0.428. The smallest absolute Gasteiger partial charge is 0.236 e. The lowest BCUT2D eigenvalue weighted by Crippen LogP contribution is -2.47. The number of hydrogen-bond donors (Lipinski definition) is 4. The van der Waals surface area contributed by atoms with Crippen molar-refractivity contribution < 1.29 is 9.90 Å². The van der Waals surface area contributed by atoms with Crippen molar-refractivity contribution in [1.29, 1.82) is 0 Å². The molecule has 8 nitrogen and oxygen atoms in total. The van der Waals surface area contributed by atoms with E-state index < -0.39 is 0 Å². The Morgan fingerprint density at radius 2 is 1.88 bits per heavy atom. The molecule has 1 aliphatic carbocycles. The molecule has 1 amide bonds. The monoisotopic (exact) mass is 482 g/mol. The fraction of sp³-hybridized carbons (Fsp3) is 0.480. The SMILES string of the molecule is O=C(CNC1CCC(O)CC1)N1CCC(Nc2ncc(Cl)c(-c3c[nH]c4ccccc34)n2)CC1. The van der Waals surface area contributed by atoms with Gasteiger partial charge in [-0.15, -0.1) is 0 Å². The number of nitrogens with one attached hydrogen (secondary N) is 3. The Hall–Kier alpha value is -2.68. The van der Waals surface area contributed by atoms with Crippen LogP contribution in [0.2, 0.25) is 5.02 Å². The second kappa shape index (κ2) is 10.3. The Labute approximate surface area is 204 Å². The highest BCUT2D eigenvalue weighted by Crippen LogP contribution is 2.32. The highest BCUT2D eigenvalue weighted by molar-refractivity contribution is 6.33. The molecule has 2 aromatic heterocycles. The van der Waals surface area contributed by atoms with Gasteiger partial charge in [0.25, 0.3) is 0 Å². The number of para-hydroxylation sites is 1. The third kappa shape index (κ3) is 5.19. The van der Waals surface area contributed by atoms with Crippen LogP contribution in [0.1, 0.15) is 38.5 Å². The molecule has 1 aromatic carbocycles. The van der Waals surface area contributed by atoms with Crippen molar-refractivity contribution >= 4 is 34.4 Å². The minimum absolute atomic E-state index is 0.147. The molecule has 0 radical (unpaired) electrons. The van der Waals surface area contributed by atoms with Gasteiger partial charge in [-0.1, -0.05) is 29.8 Å². The summed E-state index contributed by atoms with van der Waals surface area (Å²) < 4.78 is 0. The first-order chi connectivity index (χ1) is 16.6. The zero-order valence-corrected chi connectivity index (χ0v) is 19.9. The molecule has 3 aromatic rings. The van der Waals surface area contributed by atoms with Gasteiger partial charge in [0, 0.05) is 47.8 Å². The molecule has 0 spiro atoms. The molecule has 4 N–H and O–H groups in total. The molecule has 34 heavy (non-hydrogen) atoms. The van der Waals surface area contributed by atoms with Crippen LogP contribution in [-0.4, -0.2) is 68.7 Å². The van der Waals surface area contributed by atoms with Crippen molar-refractivity contribution in [3.63, 3.8) is 0 Å². The van der Waals surface area contributed by atoms with Gasteiger partial charge in [-0.25, -0.2) is 9.97 Å². The number of rotatable bonds is 6. The molecule has 3 heterocycles. The van der Waals surface area contributed by atoms with E-state index in [1.807, 2.05) is 35.4 Å². The van der Waals surface area contributed by atoms with Crippen LogP contribution in [0.5, 0.6) is 0 Å². The van der Waals surface area contributed by atoms with Crippen molar-refractivity contribution in [2.45, 2.75) is 56.7 Å². The summed E-state index contributed by atoms with van der Waals surface area (Å²) in [5.41, 5.74) is 2.69. The Kier molecular flexibility index (Phi) is 6.99. The largest absolute Gasteiger partial charge is 0.393 e. The maximum atomic E-state index is 12.6. The number of aliphatic hydroxyl groups excluding tert-OH is 1. The topological polar surface area (TPSA) is 106 Å². The number of nitrogens with zero attached hydrogens (tertiary/aromatic N) is 3. The number of likely N-dealkylation sites (tertiary alicyclic amines) is 1. The van der Waals surface area contributed by atoms with Crippen molar-refractivity contribution in [3.05, 3.63) is 41.7 Å². The molecular formula is C25H31ClN6O2. The molecule has 2 fully saturated rings. The van der Waals surface area contributed by atoms with E-state index >= 15 is 0 Å². The summed E-state index contributed by atoms with van der Waals surface area (Å²) in [6, 6.07) is 8.60. The summed E-state index contributed by atoms with van der Waals surface area (Å²) in [4.78, 5) is 27.0. The van der Waals surface area contributed by atoms with Gasteiger partial charge >= 0.3 is 0 Å². The number of carbonyl (C=O) groups is 1. The van der Waals surface area contributed by atoms with Crippen LogP contribution in [0.3, 0.4) is 0 Å². The standard InChI is InChI=1S/C25H31ClN6O2/c26-21-14-29-25(31-24(21)20-13-28-22-4-2-1-3-19(20)22)30-17-9-11-32(12-10-17)23(34)15-27-16-5-7-18(33)8-6-16/h1-4,13-14,16-18,27-28,33H,5-12,15H2,(H,29,30,31). The molecule has 5 rings (SSSR count). The lowest BCUT2D eigenvalue weighted by Gasteiger charge is -2.33. The second-order valence-electron chi connectivity index (χ2n) is 9.32. The number of aliphatic hydroxyl groups is 1. The van der Waals surface area contributed by atoms with Gasteiger partial charge in [-0.05, 0) is 44.6 Å². The molecule has 1 aliphatic heterocycles. The number of anilines is 1. The summed E-state index contributed by atoms with van der Waals surface area (Å²) in [6.07, 6.45) is 8.58. The average Bonchev–Trinajstić information content (AvgIpc) is 3.29. The van der Waals surface area contributed by atoms with Crippen LogP contribution in [0.4, 0.5) is 5.95 Å². The fourth-order valence-corrected chi connectivity index (χ4v) is 5.17. The minimum Gasteiger partial charge on any atom is -0.393 e. The van der Waals surface area contributed by atoms with E-state index in [0.29, 0.717) is 42.3 Å². The first-order valence-electron chi connectivity index (χ1n) is 12.1. The normalized spacial score (nSPS) is 21.6. The Morgan fingerprint density at radius 3 is 2.68 bits per heavy atom. The van der Waals surface area contributed by atoms with Crippen LogP contribution in [0.15, 0.2) is 36.7 Å². The van der Waals surface area contributed by atoms with E-state index in [9.17, 15) is 9.90 Å². The summed E-state index contributed by atoms with van der Waals surface area (Å²) in [7, 11) is 0. The van der Waals surface area contributed by atoms with Crippen molar-refractivity contribution in [1.82, 2.24) is 25.2 Å². The van der Waals surface area contributed by atoms with Crippen LogP contribution in [-0.2, 0) is 4.79 Å². The number of hydrogen-bond acceptors (Lipinski definition) is 6. The molecule has 180 valence electrons. The summed E-state index contributed by atoms with van der Waals surface area (Å²) in [6.45, 7) is 1.79. The first-order valence-corrected chi connectivity index (χ1v) is 12.5. The van der Waals surface area contributed by atoms with Crippen LogP contribution >= 0.6 is 11.6 Å². The number of halogens is 1. The highest BCUT2D eigenvalue weighted by atomic mass is 35.5. The zero-order valence-electron chi connectivity index (χ0n) is 19.1. The molecule has 0 unspecified atom stereocenters. The van der Waals surface area contributed by atoms with Crippen LogP contribution in [0, 0.1) is 0 Å². The maximum absolute atomic E-state index is 12.6. The molecule has 2 aliphatic rings. The van der Waals surface area contributed by atoms with Gasteiger partial charge < -0.3 is 25.6 Å². The number of piperidine rings is 1. The summed E-state index contributed by atoms with van der Waals surface area (Å²) in [5.74, 6) is 0.699. The third-order valence-electron chi connectivity index (χ3n) is 7.01. The Balaban J connectivity index is 1.15. The third-order valence-corrected chi connectivity index (χ3v) is 7.28. The second-order valence-corrected chi connectivity index (χ2v) is 9.73. The van der Waals surface area contributed by atoms with Gasteiger partial charge in [0.15, 0.2) is 0 Å².